The molecule has 0 radical (unpaired) electrons. The number of carbonyl (C=O) groups excluding carboxylic acids is 1. The summed E-state index contributed by atoms with van der Waals surface area (Å²) >= 11 is 0. The predicted octanol–water partition coefficient (Wildman–Crippen LogP) is 3.62. The standard InChI is InChI=1S/C16H25NO3/c1-3-19-15-11-8-7-10-14(15)17-13-9-5-6-12-16(18)20-4-2/h7-8,10-11,17H,3-6,9,12-13H2,1-2H3. The molecule has 0 saturated heterocycles. The molecule has 1 N–H and O–H groups in total. The van der Waals surface area contributed by atoms with Crippen LogP contribution < -0.4 is 10.1 Å². The second kappa shape index (κ2) is 10.1. The van der Waals surface area contributed by atoms with Crippen LogP contribution in [0.3, 0.4) is 0 Å². The molecular weight excluding hydrogens is 254 g/mol. The molecule has 0 spiro atoms. The van der Waals surface area contributed by atoms with Crippen LogP contribution >= 0.6 is 0 Å². The fourth-order valence-electron chi connectivity index (χ4n) is 1.92. The highest BCUT2D eigenvalue weighted by Crippen LogP contribution is 2.23. The Hall–Kier alpha value is -1.71. The van der Waals surface area contributed by atoms with E-state index >= 15 is 0 Å². The van der Waals surface area contributed by atoms with E-state index in [0.717, 1.165) is 37.2 Å². The van der Waals surface area contributed by atoms with Crippen LogP contribution in [-0.2, 0) is 9.53 Å². The van der Waals surface area contributed by atoms with Gasteiger partial charge in [-0.1, -0.05) is 18.6 Å². The summed E-state index contributed by atoms with van der Waals surface area (Å²) in [5.74, 6) is 0.795. The van der Waals surface area contributed by atoms with Gasteiger partial charge in [0.25, 0.3) is 0 Å². The Bertz CT molecular complexity index is 393. The molecule has 4 nitrogen and oxygen atoms in total. The van der Waals surface area contributed by atoms with Gasteiger partial charge in [-0.2, -0.15) is 0 Å². The quantitative estimate of drug-likeness (QED) is 0.525. The first-order valence-corrected chi connectivity index (χ1v) is 7.39. The first-order valence-electron chi connectivity index (χ1n) is 7.39. The van der Waals surface area contributed by atoms with Gasteiger partial charge in [-0.3, -0.25) is 4.79 Å². The fraction of sp³-hybridized carbons (Fsp3) is 0.562. The van der Waals surface area contributed by atoms with Gasteiger partial charge >= 0.3 is 5.97 Å². The zero-order chi connectivity index (χ0) is 14.6. The Morgan fingerprint density at radius 2 is 1.90 bits per heavy atom. The van der Waals surface area contributed by atoms with Crippen LogP contribution in [-0.4, -0.2) is 25.7 Å². The Morgan fingerprint density at radius 1 is 1.10 bits per heavy atom. The highest BCUT2D eigenvalue weighted by atomic mass is 16.5. The van der Waals surface area contributed by atoms with Crippen molar-refractivity contribution in [1.29, 1.82) is 0 Å². The van der Waals surface area contributed by atoms with Gasteiger partial charge in [-0.15, -0.1) is 0 Å². The van der Waals surface area contributed by atoms with Gasteiger partial charge in [0.15, 0.2) is 0 Å². The van der Waals surface area contributed by atoms with Crippen molar-refractivity contribution in [2.45, 2.75) is 39.5 Å². The number of ether oxygens (including phenoxy) is 2. The average Bonchev–Trinajstić information content (AvgIpc) is 2.45. The lowest BCUT2D eigenvalue weighted by molar-refractivity contribution is -0.143. The smallest absolute Gasteiger partial charge is 0.305 e. The van der Waals surface area contributed by atoms with Crippen molar-refractivity contribution in [1.82, 2.24) is 0 Å². The maximum Gasteiger partial charge on any atom is 0.305 e. The highest BCUT2D eigenvalue weighted by molar-refractivity contribution is 5.69. The zero-order valence-corrected chi connectivity index (χ0v) is 12.5. The molecule has 0 aromatic heterocycles. The van der Waals surface area contributed by atoms with E-state index < -0.39 is 0 Å². The molecule has 0 saturated carbocycles. The Morgan fingerprint density at radius 3 is 2.65 bits per heavy atom. The van der Waals surface area contributed by atoms with Crippen LogP contribution in [0.25, 0.3) is 0 Å². The molecular formula is C16H25NO3. The van der Waals surface area contributed by atoms with E-state index in [1.807, 2.05) is 38.1 Å². The highest BCUT2D eigenvalue weighted by Gasteiger charge is 2.02. The summed E-state index contributed by atoms with van der Waals surface area (Å²) in [6, 6.07) is 7.94. The van der Waals surface area contributed by atoms with Crippen molar-refractivity contribution in [2.24, 2.45) is 0 Å². The number of rotatable bonds is 10. The summed E-state index contributed by atoms with van der Waals surface area (Å²) < 4.78 is 10.4. The Labute approximate surface area is 121 Å². The number of esters is 1. The maximum absolute atomic E-state index is 11.2. The molecule has 0 aliphatic carbocycles. The lowest BCUT2D eigenvalue weighted by Crippen LogP contribution is -2.06. The molecule has 20 heavy (non-hydrogen) atoms. The molecule has 0 atom stereocenters. The third kappa shape index (κ3) is 6.45. The number of carbonyl (C=O) groups is 1. The molecule has 0 unspecified atom stereocenters. The summed E-state index contributed by atoms with van der Waals surface area (Å²) in [7, 11) is 0. The van der Waals surface area contributed by atoms with Crippen molar-refractivity contribution >= 4 is 11.7 Å². The largest absolute Gasteiger partial charge is 0.492 e. The van der Waals surface area contributed by atoms with E-state index in [1.54, 1.807) is 0 Å². The monoisotopic (exact) mass is 279 g/mol. The van der Waals surface area contributed by atoms with Gasteiger partial charge < -0.3 is 14.8 Å². The minimum atomic E-state index is -0.0952. The van der Waals surface area contributed by atoms with Crippen LogP contribution in [0.5, 0.6) is 5.75 Å². The minimum Gasteiger partial charge on any atom is -0.492 e. The van der Waals surface area contributed by atoms with E-state index in [2.05, 4.69) is 5.32 Å². The van der Waals surface area contributed by atoms with Crippen molar-refractivity contribution < 1.29 is 14.3 Å². The normalized spacial score (nSPS) is 10.1. The molecule has 0 amide bonds. The summed E-state index contributed by atoms with van der Waals surface area (Å²) in [6.45, 7) is 5.82. The first kappa shape index (κ1) is 16.3. The Balaban J connectivity index is 2.16. The van der Waals surface area contributed by atoms with Crippen molar-refractivity contribution in [3.63, 3.8) is 0 Å². The van der Waals surface area contributed by atoms with Crippen LogP contribution in [0.15, 0.2) is 24.3 Å². The summed E-state index contributed by atoms with van der Waals surface area (Å²) in [6.07, 6.45) is 3.44. The van der Waals surface area contributed by atoms with Crippen molar-refractivity contribution in [2.75, 3.05) is 25.1 Å². The van der Waals surface area contributed by atoms with Gasteiger partial charge in [0.2, 0.25) is 0 Å². The second-order valence-corrected chi connectivity index (χ2v) is 4.47. The van der Waals surface area contributed by atoms with Crippen molar-refractivity contribution in [3.8, 4) is 5.75 Å². The van der Waals surface area contributed by atoms with Gasteiger partial charge in [-0.05, 0) is 38.8 Å². The third-order valence-electron chi connectivity index (χ3n) is 2.87. The molecule has 0 aliphatic rings. The van der Waals surface area contributed by atoms with Crippen LogP contribution in [0.2, 0.25) is 0 Å². The summed E-state index contributed by atoms with van der Waals surface area (Å²) in [4.78, 5) is 11.2. The van der Waals surface area contributed by atoms with E-state index in [0.29, 0.717) is 19.6 Å². The topological polar surface area (TPSA) is 47.6 Å². The molecule has 0 bridgehead atoms. The first-order chi connectivity index (χ1) is 9.77. The van der Waals surface area contributed by atoms with E-state index in [4.69, 9.17) is 9.47 Å². The number of unbranched alkanes of at least 4 members (excludes halogenated alkanes) is 2. The van der Waals surface area contributed by atoms with E-state index in [9.17, 15) is 4.79 Å². The van der Waals surface area contributed by atoms with Gasteiger partial charge in [-0.25, -0.2) is 0 Å². The average molecular weight is 279 g/mol. The molecule has 0 heterocycles. The number of nitrogens with one attached hydrogen (secondary N) is 1. The van der Waals surface area contributed by atoms with Gasteiger partial charge in [0.05, 0.1) is 18.9 Å². The van der Waals surface area contributed by atoms with E-state index in [-0.39, 0.29) is 5.97 Å². The molecule has 1 rings (SSSR count). The number of anilines is 1. The second-order valence-electron chi connectivity index (χ2n) is 4.47. The lowest BCUT2D eigenvalue weighted by Gasteiger charge is -2.11. The van der Waals surface area contributed by atoms with Crippen molar-refractivity contribution in [3.05, 3.63) is 24.3 Å². The number of hydrogen-bond acceptors (Lipinski definition) is 4. The zero-order valence-electron chi connectivity index (χ0n) is 12.5. The lowest BCUT2D eigenvalue weighted by atomic mass is 10.2. The molecule has 112 valence electrons. The van der Waals surface area contributed by atoms with Gasteiger partial charge in [0.1, 0.15) is 5.75 Å². The van der Waals surface area contributed by atoms with E-state index in [1.165, 1.54) is 0 Å². The molecule has 1 aromatic carbocycles. The Kier molecular flexibility index (Phi) is 8.27. The molecule has 4 heteroatoms. The summed E-state index contributed by atoms with van der Waals surface area (Å²) in [5.41, 5.74) is 1.03. The molecule has 0 fully saturated rings. The maximum atomic E-state index is 11.2. The molecule has 1 aromatic rings. The predicted molar refractivity (Wildman–Crippen MR) is 81.2 cm³/mol. The summed E-state index contributed by atoms with van der Waals surface area (Å²) in [5, 5.41) is 3.37. The van der Waals surface area contributed by atoms with Crippen LogP contribution in [0.1, 0.15) is 39.5 Å². The number of hydrogen-bond donors (Lipinski definition) is 1. The number of benzene rings is 1. The number of para-hydroxylation sites is 2. The SMILES string of the molecule is CCOC(=O)CCCCCNc1ccccc1OCC. The fourth-order valence-corrected chi connectivity index (χ4v) is 1.92. The third-order valence-corrected chi connectivity index (χ3v) is 2.87. The minimum absolute atomic E-state index is 0.0952. The van der Waals surface area contributed by atoms with Crippen LogP contribution in [0.4, 0.5) is 5.69 Å². The van der Waals surface area contributed by atoms with Crippen LogP contribution in [0, 0.1) is 0 Å². The van der Waals surface area contributed by atoms with Gasteiger partial charge in [0, 0.05) is 13.0 Å². The molecule has 0 aliphatic heterocycles.